The van der Waals surface area contributed by atoms with Gasteiger partial charge in [0, 0.05) is 17.7 Å². The van der Waals surface area contributed by atoms with Gasteiger partial charge in [-0.15, -0.1) is 0 Å². The zero-order chi connectivity index (χ0) is 13.5. The average molecular weight is 252 g/mol. The van der Waals surface area contributed by atoms with Crippen molar-refractivity contribution in [3.8, 4) is 11.5 Å². The molecule has 4 nitrogen and oxygen atoms in total. The number of hydrogen-bond acceptors (Lipinski definition) is 4. The fourth-order valence-electron chi connectivity index (χ4n) is 1.99. The first kappa shape index (κ1) is 14.8. The molecule has 0 spiro atoms. The number of methoxy groups -OCH3 is 1. The number of ether oxygens (including phenoxy) is 1. The number of benzene rings is 1. The molecule has 0 atom stereocenters. The summed E-state index contributed by atoms with van der Waals surface area (Å²) in [5.74, 6) is 1.06. The molecule has 0 amide bonds. The van der Waals surface area contributed by atoms with Crippen LogP contribution in [0.5, 0.6) is 11.5 Å². The molecule has 18 heavy (non-hydrogen) atoms. The molecular formula is C14H24N2O2. The van der Waals surface area contributed by atoms with E-state index >= 15 is 0 Å². The van der Waals surface area contributed by atoms with Crippen molar-refractivity contribution in [2.45, 2.75) is 26.8 Å². The van der Waals surface area contributed by atoms with Crippen LogP contribution in [0.3, 0.4) is 0 Å². The van der Waals surface area contributed by atoms with Gasteiger partial charge in [-0.1, -0.05) is 13.0 Å². The molecule has 0 aromatic heterocycles. The summed E-state index contributed by atoms with van der Waals surface area (Å²) in [4.78, 5) is 2.27. The number of rotatable bonds is 7. The van der Waals surface area contributed by atoms with E-state index in [1.165, 1.54) is 0 Å². The van der Waals surface area contributed by atoms with Crippen molar-refractivity contribution >= 4 is 0 Å². The molecule has 0 saturated carbocycles. The second kappa shape index (κ2) is 7.24. The molecule has 0 saturated heterocycles. The first-order chi connectivity index (χ1) is 8.63. The van der Waals surface area contributed by atoms with Crippen LogP contribution in [0.1, 0.15) is 24.5 Å². The smallest absolute Gasteiger partial charge is 0.126 e. The molecular weight excluding hydrogens is 228 g/mol. The standard InChI is InChI=1S/C14H24N2O2/c1-4-16(9-5-8-15)10-12-6-7-13(18-3)11(2)14(12)17/h6-7,17H,4-5,8-10,15H2,1-3H3. The summed E-state index contributed by atoms with van der Waals surface area (Å²) < 4.78 is 5.19. The van der Waals surface area contributed by atoms with E-state index in [0.29, 0.717) is 12.3 Å². The summed E-state index contributed by atoms with van der Waals surface area (Å²) in [6, 6.07) is 3.83. The third-order valence-corrected chi connectivity index (χ3v) is 3.20. The lowest BCUT2D eigenvalue weighted by atomic mass is 10.1. The van der Waals surface area contributed by atoms with E-state index in [2.05, 4.69) is 11.8 Å². The number of nitrogens with two attached hydrogens (primary N) is 1. The molecule has 0 bridgehead atoms. The molecule has 102 valence electrons. The summed E-state index contributed by atoms with van der Waals surface area (Å²) in [6.45, 7) is 7.33. The third kappa shape index (κ3) is 3.62. The van der Waals surface area contributed by atoms with Crippen LogP contribution in [0.25, 0.3) is 0 Å². The van der Waals surface area contributed by atoms with E-state index in [9.17, 15) is 5.11 Å². The largest absolute Gasteiger partial charge is 0.507 e. The van der Waals surface area contributed by atoms with Gasteiger partial charge in [-0.2, -0.15) is 0 Å². The van der Waals surface area contributed by atoms with Crippen molar-refractivity contribution in [3.05, 3.63) is 23.3 Å². The minimum absolute atomic E-state index is 0.334. The minimum atomic E-state index is 0.334. The minimum Gasteiger partial charge on any atom is -0.507 e. The molecule has 1 aromatic rings. The predicted octanol–water partition coefficient (Wildman–Crippen LogP) is 1.88. The third-order valence-electron chi connectivity index (χ3n) is 3.20. The Labute approximate surface area is 109 Å². The van der Waals surface area contributed by atoms with Gasteiger partial charge in [0.25, 0.3) is 0 Å². The highest BCUT2D eigenvalue weighted by Crippen LogP contribution is 2.30. The number of phenols is 1. The average Bonchev–Trinajstić information content (AvgIpc) is 2.39. The van der Waals surface area contributed by atoms with Gasteiger partial charge in [0.1, 0.15) is 11.5 Å². The van der Waals surface area contributed by atoms with Crippen molar-refractivity contribution in [3.63, 3.8) is 0 Å². The summed E-state index contributed by atoms with van der Waals surface area (Å²) in [7, 11) is 1.61. The van der Waals surface area contributed by atoms with Crippen molar-refractivity contribution in [2.24, 2.45) is 5.73 Å². The molecule has 1 rings (SSSR count). The molecule has 0 aliphatic carbocycles. The van der Waals surface area contributed by atoms with Crippen LogP contribution in [-0.2, 0) is 6.54 Å². The summed E-state index contributed by atoms with van der Waals surface area (Å²) in [5.41, 5.74) is 7.26. The monoisotopic (exact) mass is 252 g/mol. The van der Waals surface area contributed by atoms with Crippen LogP contribution >= 0.6 is 0 Å². The predicted molar refractivity (Wildman–Crippen MR) is 74.0 cm³/mol. The molecule has 4 heteroatoms. The van der Waals surface area contributed by atoms with Crippen molar-refractivity contribution in [1.29, 1.82) is 0 Å². The topological polar surface area (TPSA) is 58.7 Å². The summed E-state index contributed by atoms with van der Waals surface area (Å²) >= 11 is 0. The molecule has 0 radical (unpaired) electrons. The van der Waals surface area contributed by atoms with Gasteiger partial charge in [0.15, 0.2) is 0 Å². The van der Waals surface area contributed by atoms with Gasteiger partial charge in [-0.3, -0.25) is 4.90 Å². The molecule has 0 aliphatic rings. The Morgan fingerprint density at radius 1 is 1.39 bits per heavy atom. The quantitative estimate of drug-likeness (QED) is 0.778. The fourth-order valence-corrected chi connectivity index (χ4v) is 1.99. The van der Waals surface area contributed by atoms with E-state index in [0.717, 1.165) is 42.9 Å². The Morgan fingerprint density at radius 2 is 2.11 bits per heavy atom. The maximum atomic E-state index is 10.1. The molecule has 3 N–H and O–H groups in total. The fraction of sp³-hybridized carbons (Fsp3) is 0.571. The second-order valence-corrected chi connectivity index (χ2v) is 4.41. The van der Waals surface area contributed by atoms with Gasteiger partial charge in [0.2, 0.25) is 0 Å². The SMILES string of the molecule is CCN(CCCN)Cc1ccc(OC)c(C)c1O. The zero-order valence-electron chi connectivity index (χ0n) is 11.6. The first-order valence-corrected chi connectivity index (χ1v) is 6.41. The molecule has 0 unspecified atom stereocenters. The Bertz CT molecular complexity index is 380. The lowest BCUT2D eigenvalue weighted by molar-refractivity contribution is 0.273. The number of nitrogens with zero attached hydrogens (tertiary/aromatic N) is 1. The molecule has 0 fully saturated rings. The maximum absolute atomic E-state index is 10.1. The Balaban J connectivity index is 2.80. The van der Waals surface area contributed by atoms with Gasteiger partial charge in [-0.05, 0) is 39.0 Å². The number of aromatic hydroxyl groups is 1. The van der Waals surface area contributed by atoms with Gasteiger partial charge in [-0.25, -0.2) is 0 Å². The molecule has 0 heterocycles. The van der Waals surface area contributed by atoms with Crippen LogP contribution in [0.15, 0.2) is 12.1 Å². The Hall–Kier alpha value is -1.26. The van der Waals surface area contributed by atoms with E-state index in [4.69, 9.17) is 10.5 Å². The van der Waals surface area contributed by atoms with Crippen molar-refractivity contribution < 1.29 is 9.84 Å². The second-order valence-electron chi connectivity index (χ2n) is 4.41. The van der Waals surface area contributed by atoms with Crippen LogP contribution < -0.4 is 10.5 Å². The van der Waals surface area contributed by atoms with E-state index < -0.39 is 0 Å². The Morgan fingerprint density at radius 3 is 2.67 bits per heavy atom. The van der Waals surface area contributed by atoms with Gasteiger partial charge >= 0.3 is 0 Å². The first-order valence-electron chi connectivity index (χ1n) is 6.41. The van der Waals surface area contributed by atoms with E-state index in [-0.39, 0.29) is 0 Å². The maximum Gasteiger partial charge on any atom is 0.126 e. The molecule has 1 aromatic carbocycles. The number of hydrogen-bond donors (Lipinski definition) is 2. The lowest BCUT2D eigenvalue weighted by Crippen LogP contribution is -2.25. The van der Waals surface area contributed by atoms with Crippen molar-refractivity contribution in [2.75, 3.05) is 26.7 Å². The van der Waals surface area contributed by atoms with Crippen LogP contribution in [0.4, 0.5) is 0 Å². The zero-order valence-corrected chi connectivity index (χ0v) is 11.6. The van der Waals surface area contributed by atoms with E-state index in [1.54, 1.807) is 7.11 Å². The highest BCUT2D eigenvalue weighted by Gasteiger charge is 2.12. The summed E-state index contributed by atoms with van der Waals surface area (Å²) in [6.07, 6.45) is 0.976. The van der Waals surface area contributed by atoms with Crippen LogP contribution in [-0.4, -0.2) is 36.8 Å². The van der Waals surface area contributed by atoms with E-state index in [1.807, 2.05) is 19.1 Å². The van der Waals surface area contributed by atoms with Gasteiger partial charge in [0.05, 0.1) is 7.11 Å². The van der Waals surface area contributed by atoms with Crippen molar-refractivity contribution in [1.82, 2.24) is 4.90 Å². The highest BCUT2D eigenvalue weighted by atomic mass is 16.5. The number of phenolic OH excluding ortho intramolecular Hbond substituents is 1. The van der Waals surface area contributed by atoms with Crippen LogP contribution in [0, 0.1) is 6.92 Å². The summed E-state index contributed by atoms with van der Waals surface area (Å²) in [5, 5.41) is 10.1. The normalized spacial score (nSPS) is 10.9. The van der Waals surface area contributed by atoms with Crippen LogP contribution in [0.2, 0.25) is 0 Å². The molecule has 0 aliphatic heterocycles. The Kier molecular flexibility index (Phi) is 5.95. The lowest BCUT2D eigenvalue weighted by Gasteiger charge is -2.21. The highest BCUT2D eigenvalue weighted by molar-refractivity contribution is 5.48. The van der Waals surface area contributed by atoms with Gasteiger partial charge < -0.3 is 15.6 Å².